The molecular formula is C13H20N2O. The Morgan fingerprint density at radius 2 is 1.88 bits per heavy atom. The van der Waals surface area contributed by atoms with Crippen molar-refractivity contribution in [3.05, 3.63) is 30.3 Å². The average Bonchev–Trinajstić information content (AvgIpc) is 2.39. The number of ether oxygens (including phenoxy) is 1. The molecule has 0 bridgehead atoms. The summed E-state index contributed by atoms with van der Waals surface area (Å²) in [5.74, 6) is 0. The van der Waals surface area contributed by atoms with Crippen LogP contribution in [0.3, 0.4) is 0 Å². The second kappa shape index (κ2) is 5.32. The van der Waals surface area contributed by atoms with Crippen molar-refractivity contribution >= 4 is 5.69 Å². The summed E-state index contributed by atoms with van der Waals surface area (Å²) in [5, 5.41) is 3.47. The zero-order chi connectivity index (χ0) is 11.3. The molecule has 1 heterocycles. The number of hydrogen-bond donors (Lipinski definition) is 2. The van der Waals surface area contributed by atoms with Gasteiger partial charge in [-0.3, -0.25) is 0 Å². The Labute approximate surface area is 97.0 Å². The van der Waals surface area contributed by atoms with Crippen LogP contribution in [0.5, 0.6) is 0 Å². The van der Waals surface area contributed by atoms with E-state index in [0.717, 1.165) is 39.1 Å². The summed E-state index contributed by atoms with van der Waals surface area (Å²) < 4.78 is 5.40. The third-order valence-corrected chi connectivity index (χ3v) is 3.43. The third-order valence-electron chi connectivity index (χ3n) is 3.43. The van der Waals surface area contributed by atoms with Crippen LogP contribution in [-0.2, 0) is 4.74 Å². The van der Waals surface area contributed by atoms with E-state index in [-0.39, 0.29) is 5.41 Å². The van der Waals surface area contributed by atoms with Crippen molar-refractivity contribution in [3.8, 4) is 0 Å². The predicted octanol–water partition coefficient (Wildman–Crippen LogP) is 1.85. The number of nitrogens with two attached hydrogens (primary N) is 1. The Morgan fingerprint density at radius 3 is 2.50 bits per heavy atom. The molecule has 0 spiro atoms. The number of hydrogen-bond acceptors (Lipinski definition) is 3. The Hall–Kier alpha value is -1.06. The molecule has 2 rings (SSSR count). The SMILES string of the molecule is NCC1(CNc2ccccc2)CCOCC1. The Balaban J connectivity index is 1.92. The number of nitrogens with one attached hydrogen (secondary N) is 1. The number of para-hydroxylation sites is 1. The molecular weight excluding hydrogens is 200 g/mol. The molecule has 3 heteroatoms. The lowest BCUT2D eigenvalue weighted by molar-refractivity contribution is 0.0253. The highest BCUT2D eigenvalue weighted by molar-refractivity contribution is 5.42. The largest absolute Gasteiger partial charge is 0.384 e. The lowest BCUT2D eigenvalue weighted by Gasteiger charge is -2.36. The average molecular weight is 220 g/mol. The van der Waals surface area contributed by atoms with Crippen LogP contribution in [0.15, 0.2) is 30.3 Å². The fraction of sp³-hybridized carbons (Fsp3) is 0.538. The summed E-state index contributed by atoms with van der Waals surface area (Å²) in [7, 11) is 0. The minimum Gasteiger partial charge on any atom is -0.384 e. The topological polar surface area (TPSA) is 47.3 Å². The van der Waals surface area contributed by atoms with Gasteiger partial charge in [0.25, 0.3) is 0 Å². The van der Waals surface area contributed by atoms with Gasteiger partial charge in [0.2, 0.25) is 0 Å². The second-order valence-electron chi connectivity index (χ2n) is 4.54. The van der Waals surface area contributed by atoms with E-state index in [4.69, 9.17) is 10.5 Å². The molecule has 0 aliphatic carbocycles. The first-order valence-corrected chi connectivity index (χ1v) is 5.91. The first-order valence-electron chi connectivity index (χ1n) is 5.91. The number of benzene rings is 1. The zero-order valence-corrected chi connectivity index (χ0v) is 9.61. The van der Waals surface area contributed by atoms with Crippen molar-refractivity contribution < 1.29 is 4.74 Å². The van der Waals surface area contributed by atoms with Gasteiger partial charge in [0.15, 0.2) is 0 Å². The van der Waals surface area contributed by atoms with Crippen molar-refractivity contribution in [1.29, 1.82) is 0 Å². The smallest absolute Gasteiger partial charge is 0.0472 e. The van der Waals surface area contributed by atoms with Gasteiger partial charge in [-0.15, -0.1) is 0 Å². The van der Waals surface area contributed by atoms with Crippen LogP contribution in [0.25, 0.3) is 0 Å². The Kier molecular flexibility index (Phi) is 3.80. The normalized spacial score (nSPS) is 19.3. The van der Waals surface area contributed by atoms with Crippen LogP contribution < -0.4 is 11.1 Å². The molecule has 0 saturated carbocycles. The highest BCUT2D eigenvalue weighted by atomic mass is 16.5. The van der Waals surface area contributed by atoms with Gasteiger partial charge in [0.1, 0.15) is 0 Å². The predicted molar refractivity (Wildman–Crippen MR) is 66.5 cm³/mol. The molecule has 88 valence electrons. The minimum atomic E-state index is 0.216. The van der Waals surface area contributed by atoms with Gasteiger partial charge < -0.3 is 15.8 Å². The van der Waals surface area contributed by atoms with Crippen LogP contribution in [0.2, 0.25) is 0 Å². The standard InChI is InChI=1S/C13H20N2O/c14-10-13(6-8-16-9-7-13)11-15-12-4-2-1-3-5-12/h1-5,15H,6-11,14H2. The minimum absolute atomic E-state index is 0.216. The second-order valence-corrected chi connectivity index (χ2v) is 4.54. The Bertz CT molecular complexity index is 307. The van der Waals surface area contributed by atoms with Gasteiger partial charge in [0, 0.05) is 30.9 Å². The van der Waals surface area contributed by atoms with Crippen LogP contribution in [0, 0.1) is 5.41 Å². The molecule has 1 aliphatic heterocycles. The van der Waals surface area contributed by atoms with E-state index in [1.54, 1.807) is 0 Å². The van der Waals surface area contributed by atoms with Gasteiger partial charge in [-0.25, -0.2) is 0 Å². The maximum atomic E-state index is 5.91. The zero-order valence-electron chi connectivity index (χ0n) is 9.61. The van der Waals surface area contributed by atoms with E-state index in [0.29, 0.717) is 0 Å². The van der Waals surface area contributed by atoms with Crippen molar-refractivity contribution in [2.45, 2.75) is 12.8 Å². The van der Waals surface area contributed by atoms with Crippen LogP contribution >= 0.6 is 0 Å². The summed E-state index contributed by atoms with van der Waals surface area (Å²) >= 11 is 0. The molecule has 1 fully saturated rings. The molecule has 0 aromatic heterocycles. The summed E-state index contributed by atoms with van der Waals surface area (Å²) in [6.07, 6.45) is 2.12. The summed E-state index contributed by atoms with van der Waals surface area (Å²) in [4.78, 5) is 0. The highest BCUT2D eigenvalue weighted by Crippen LogP contribution is 2.29. The first-order chi connectivity index (χ1) is 7.85. The van der Waals surface area contributed by atoms with E-state index in [1.807, 2.05) is 18.2 Å². The molecule has 0 unspecified atom stereocenters. The van der Waals surface area contributed by atoms with Crippen molar-refractivity contribution in [1.82, 2.24) is 0 Å². The molecule has 1 aromatic rings. The van der Waals surface area contributed by atoms with Crippen molar-refractivity contribution in [2.75, 3.05) is 31.6 Å². The third kappa shape index (κ3) is 2.74. The summed E-state index contributed by atoms with van der Waals surface area (Å²) in [6, 6.07) is 10.3. The molecule has 0 atom stereocenters. The van der Waals surface area contributed by atoms with E-state index < -0.39 is 0 Å². The van der Waals surface area contributed by atoms with Crippen LogP contribution in [0.4, 0.5) is 5.69 Å². The van der Waals surface area contributed by atoms with Gasteiger partial charge in [-0.2, -0.15) is 0 Å². The summed E-state index contributed by atoms with van der Waals surface area (Å²) in [6.45, 7) is 3.36. The highest BCUT2D eigenvalue weighted by Gasteiger charge is 2.30. The van der Waals surface area contributed by atoms with Gasteiger partial charge in [0.05, 0.1) is 0 Å². The summed E-state index contributed by atoms with van der Waals surface area (Å²) in [5.41, 5.74) is 7.29. The molecule has 1 saturated heterocycles. The maximum absolute atomic E-state index is 5.91. The van der Waals surface area contributed by atoms with E-state index in [9.17, 15) is 0 Å². The first kappa shape index (κ1) is 11.4. The monoisotopic (exact) mass is 220 g/mol. The maximum Gasteiger partial charge on any atom is 0.0472 e. The fourth-order valence-corrected chi connectivity index (χ4v) is 2.10. The fourth-order valence-electron chi connectivity index (χ4n) is 2.10. The van der Waals surface area contributed by atoms with Crippen LogP contribution in [0.1, 0.15) is 12.8 Å². The van der Waals surface area contributed by atoms with Gasteiger partial charge >= 0.3 is 0 Å². The van der Waals surface area contributed by atoms with E-state index >= 15 is 0 Å². The number of anilines is 1. The molecule has 3 N–H and O–H groups in total. The van der Waals surface area contributed by atoms with E-state index in [1.165, 1.54) is 5.69 Å². The molecule has 0 radical (unpaired) electrons. The van der Waals surface area contributed by atoms with Crippen molar-refractivity contribution in [3.63, 3.8) is 0 Å². The van der Waals surface area contributed by atoms with Gasteiger partial charge in [-0.1, -0.05) is 18.2 Å². The molecule has 16 heavy (non-hydrogen) atoms. The molecule has 0 amide bonds. The molecule has 1 aliphatic rings. The lowest BCUT2D eigenvalue weighted by atomic mass is 9.80. The molecule has 1 aromatic carbocycles. The van der Waals surface area contributed by atoms with Crippen LogP contribution in [-0.4, -0.2) is 26.3 Å². The lowest BCUT2D eigenvalue weighted by Crippen LogP contribution is -2.42. The Morgan fingerprint density at radius 1 is 1.19 bits per heavy atom. The van der Waals surface area contributed by atoms with E-state index in [2.05, 4.69) is 17.4 Å². The van der Waals surface area contributed by atoms with Crippen molar-refractivity contribution in [2.24, 2.45) is 11.1 Å². The van der Waals surface area contributed by atoms with Gasteiger partial charge in [-0.05, 0) is 31.5 Å². The quantitative estimate of drug-likeness (QED) is 0.814. The molecule has 3 nitrogen and oxygen atoms in total. The number of rotatable bonds is 4.